The van der Waals surface area contributed by atoms with Crippen molar-refractivity contribution in [1.29, 1.82) is 0 Å². The van der Waals surface area contributed by atoms with E-state index in [9.17, 15) is 9.59 Å². The number of carbonyl (C=O) groups excluding carboxylic acids is 2. The quantitative estimate of drug-likeness (QED) is 0.816. The summed E-state index contributed by atoms with van der Waals surface area (Å²) in [4.78, 5) is 37.1. The Kier molecular flexibility index (Phi) is 6.16. The fourth-order valence-electron chi connectivity index (χ4n) is 3.22. The number of aromatic nitrogens is 2. The molecule has 1 saturated heterocycles. The summed E-state index contributed by atoms with van der Waals surface area (Å²) in [6.07, 6.45) is 7.84. The fraction of sp³-hybridized carbons (Fsp3) is 0.429. The van der Waals surface area contributed by atoms with Gasteiger partial charge in [-0.15, -0.1) is 0 Å². The molecule has 0 spiro atoms. The van der Waals surface area contributed by atoms with Gasteiger partial charge in [0.05, 0.1) is 0 Å². The summed E-state index contributed by atoms with van der Waals surface area (Å²) in [6, 6.07) is 7.18. The third-order valence-electron chi connectivity index (χ3n) is 5.13. The highest BCUT2D eigenvalue weighted by molar-refractivity contribution is 5.98. The van der Waals surface area contributed by atoms with Crippen molar-refractivity contribution < 1.29 is 9.59 Å². The average Bonchev–Trinajstić information content (AvgIpc) is 2.72. The number of hydrogen-bond acceptors (Lipinski definition) is 4. The molecule has 3 rings (SSSR count). The van der Waals surface area contributed by atoms with Gasteiger partial charge in [0, 0.05) is 50.8 Å². The Balaban J connectivity index is 1.63. The SMILES string of the molecule is CC1CCN(C(=O)c2ccnc(C(=O)N(C)CCc3ccncc3)c2)CC1. The first-order chi connectivity index (χ1) is 13.0. The zero-order valence-electron chi connectivity index (χ0n) is 16.0. The maximum atomic E-state index is 12.7. The standard InChI is InChI=1S/C21H26N4O2/c1-16-6-13-25(14-7-16)20(26)18-5-11-23-19(15-18)21(27)24(2)12-8-17-3-9-22-10-4-17/h3-5,9-11,15-16H,6-8,12-14H2,1-2H3. The van der Waals surface area contributed by atoms with Crippen LogP contribution in [0.1, 0.15) is 46.2 Å². The number of pyridine rings is 2. The van der Waals surface area contributed by atoms with Crippen LogP contribution in [0.25, 0.3) is 0 Å². The second-order valence-electron chi connectivity index (χ2n) is 7.24. The molecule has 0 bridgehead atoms. The van der Waals surface area contributed by atoms with Gasteiger partial charge in [-0.25, -0.2) is 0 Å². The first kappa shape index (κ1) is 19.0. The van der Waals surface area contributed by atoms with Gasteiger partial charge in [-0.3, -0.25) is 19.6 Å². The van der Waals surface area contributed by atoms with E-state index in [1.807, 2.05) is 17.0 Å². The highest BCUT2D eigenvalue weighted by Crippen LogP contribution is 2.18. The molecule has 2 amide bonds. The summed E-state index contributed by atoms with van der Waals surface area (Å²) in [5.41, 5.74) is 1.97. The average molecular weight is 366 g/mol. The molecule has 6 nitrogen and oxygen atoms in total. The molecule has 0 radical (unpaired) electrons. The maximum Gasteiger partial charge on any atom is 0.272 e. The molecule has 0 aromatic carbocycles. The van der Waals surface area contributed by atoms with Crippen molar-refractivity contribution in [3.63, 3.8) is 0 Å². The lowest BCUT2D eigenvalue weighted by molar-refractivity contribution is 0.0697. The molecule has 2 aromatic heterocycles. The Morgan fingerprint density at radius 2 is 1.85 bits per heavy atom. The van der Waals surface area contributed by atoms with Crippen molar-refractivity contribution in [2.75, 3.05) is 26.7 Å². The van der Waals surface area contributed by atoms with Gasteiger partial charge in [-0.1, -0.05) is 6.92 Å². The number of nitrogens with zero attached hydrogens (tertiary/aromatic N) is 4. The van der Waals surface area contributed by atoms with Crippen LogP contribution in [-0.2, 0) is 6.42 Å². The lowest BCUT2D eigenvalue weighted by Crippen LogP contribution is -2.38. The van der Waals surface area contributed by atoms with Crippen LogP contribution < -0.4 is 0 Å². The Labute approximate surface area is 160 Å². The lowest BCUT2D eigenvalue weighted by atomic mass is 9.98. The molecular weight excluding hydrogens is 340 g/mol. The van der Waals surface area contributed by atoms with Gasteiger partial charge >= 0.3 is 0 Å². The van der Waals surface area contributed by atoms with Crippen molar-refractivity contribution in [3.8, 4) is 0 Å². The molecule has 1 fully saturated rings. The molecule has 2 aromatic rings. The third-order valence-corrected chi connectivity index (χ3v) is 5.13. The summed E-state index contributed by atoms with van der Waals surface area (Å²) >= 11 is 0. The Morgan fingerprint density at radius 3 is 2.56 bits per heavy atom. The number of likely N-dealkylation sites (N-methyl/N-ethyl adjacent to an activating group) is 1. The molecule has 0 atom stereocenters. The number of likely N-dealkylation sites (tertiary alicyclic amines) is 1. The fourth-order valence-corrected chi connectivity index (χ4v) is 3.22. The monoisotopic (exact) mass is 366 g/mol. The van der Waals surface area contributed by atoms with Crippen molar-refractivity contribution in [3.05, 3.63) is 59.7 Å². The van der Waals surface area contributed by atoms with Crippen molar-refractivity contribution >= 4 is 11.8 Å². The van der Waals surface area contributed by atoms with Gasteiger partial charge in [0.2, 0.25) is 0 Å². The topological polar surface area (TPSA) is 66.4 Å². The minimum Gasteiger partial charge on any atom is -0.340 e. The minimum absolute atomic E-state index is 0.0159. The van der Waals surface area contributed by atoms with E-state index in [-0.39, 0.29) is 11.8 Å². The molecule has 142 valence electrons. The number of hydrogen-bond donors (Lipinski definition) is 0. The summed E-state index contributed by atoms with van der Waals surface area (Å²) in [7, 11) is 1.76. The summed E-state index contributed by atoms with van der Waals surface area (Å²) in [5.74, 6) is 0.474. The third kappa shape index (κ3) is 4.90. The van der Waals surface area contributed by atoms with E-state index in [0.717, 1.165) is 37.9 Å². The predicted octanol–water partition coefficient (Wildman–Crippen LogP) is 2.66. The minimum atomic E-state index is -0.175. The predicted molar refractivity (Wildman–Crippen MR) is 103 cm³/mol. The largest absolute Gasteiger partial charge is 0.340 e. The van der Waals surface area contributed by atoms with E-state index in [1.165, 1.54) is 0 Å². The Hall–Kier alpha value is -2.76. The van der Waals surface area contributed by atoms with E-state index in [4.69, 9.17) is 0 Å². The molecule has 1 aliphatic heterocycles. The molecule has 6 heteroatoms. The van der Waals surface area contributed by atoms with Crippen LogP contribution in [0.3, 0.4) is 0 Å². The molecule has 0 aliphatic carbocycles. The first-order valence-electron chi connectivity index (χ1n) is 9.44. The number of carbonyl (C=O) groups is 2. The molecule has 0 saturated carbocycles. The number of rotatable bonds is 5. The molecule has 1 aliphatic rings. The van der Waals surface area contributed by atoms with Crippen LogP contribution >= 0.6 is 0 Å². The number of piperidine rings is 1. The Bertz CT molecular complexity index is 786. The highest BCUT2D eigenvalue weighted by atomic mass is 16.2. The van der Waals surface area contributed by atoms with Crippen LogP contribution in [-0.4, -0.2) is 58.3 Å². The first-order valence-corrected chi connectivity index (χ1v) is 9.44. The zero-order chi connectivity index (χ0) is 19.2. The summed E-state index contributed by atoms with van der Waals surface area (Å²) in [5, 5.41) is 0. The van der Waals surface area contributed by atoms with Gasteiger partial charge in [0.15, 0.2) is 0 Å². The van der Waals surface area contributed by atoms with E-state index in [0.29, 0.717) is 23.7 Å². The normalized spacial score (nSPS) is 14.8. The van der Waals surface area contributed by atoms with Gasteiger partial charge < -0.3 is 9.80 Å². The molecule has 0 N–H and O–H groups in total. The Morgan fingerprint density at radius 1 is 1.15 bits per heavy atom. The molecule has 3 heterocycles. The maximum absolute atomic E-state index is 12.7. The smallest absolute Gasteiger partial charge is 0.272 e. The van der Waals surface area contributed by atoms with Crippen LogP contribution in [0.5, 0.6) is 0 Å². The van der Waals surface area contributed by atoms with Gasteiger partial charge in [0.25, 0.3) is 11.8 Å². The van der Waals surface area contributed by atoms with Crippen LogP contribution in [0.4, 0.5) is 0 Å². The van der Waals surface area contributed by atoms with E-state index >= 15 is 0 Å². The van der Waals surface area contributed by atoms with Gasteiger partial charge in [-0.05, 0) is 55.0 Å². The van der Waals surface area contributed by atoms with Gasteiger partial charge in [0.1, 0.15) is 5.69 Å². The van der Waals surface area contributed by atoms with Crippen molar-refractivity contribution in [1.82, 2.24) is 19.8 Å². The summed E-state index contributed by atoms with van der Waals surface area (Å²) in [6.45, 7) is 4.34. The highest BCUT2D eigenvalue weighted by Gasteiger charge is 2.23. The van der Waals surface area contributed by atoms with Crippen LogP contribution in [0.2, 0.25) is 0 Å². The molecular formula is C21H26N4O2. The lowest BCUT2D eigenvalue weighted by Gasteiger charge is -2.30. The second kappa shape index (κ2) is 8.75. The van der Waals surface area contributed by atoms with Gasteiger partial charge in [-0.2, -0.15) is 0 Å². The zero-order valence-corrected chi connectivity index (χ0v) is 16.0. The second-order valence-corrected chi connectivity index (χ2v) is 7.24. The number of amides is 2. The van der Waals surface area contributed by atoms with E-state index in [2.05, 4.69) is 16.9 Å². The van der Waals surface area contributed by atoms with E-state index < -0.39 is 0 Å². The van der Waals surface area contributed by atoms with Crippen molar-refractivity contribution in [2.24, 2.45) is 5.92 Å². The van der Waals surface area contributed by atoms with Crippen LogP contribution in [0, 0.1) is 5.92 Å². The summed E-state index contributed by atoms with van der Waals surface area (Å²) < 4.78 is 0. The molecule has 27 heavy (non-hydrogen) atoms. The van der Waals surface area contributed by atoms with Crippen molar-refractivity contribution in [2.45, 2.75) is 26.2 Å². The molecule has 0 unspecified atom stereocenters. The van der Waals surface area contributed by atoms with E-state index in [1.54, 1.807) is 42.7 Å². The van der Waals surface area contributed by atoms with Crippen LogP contribution in [0.15, 0.2) is 42.9 Å².